The SMILES string of the molecule is COc1ccc(OC)c(CCC(=O)NC2CCc3c(c4cc(F)ccc4n3CC(=O)O)C2)c1. The van der Waals surface area contributed by atoms with E-state index in [9.17, 15) is 19.1 Å². The molecule has 0 aliphatic heterocycles. The molecule has 1 heterocycles. The third-order valence-corrected chi connectivity index (χ3v) is 6.20. The van der Waals surface area contributed by atoms with Crippen LogP contribution in [0.3, 0.4) is 0 Å². The molecular weight excluding hydrogens is 427 g/mol. The molecule has 2 N–H and O–H groups in total. The van der Waals surface area contributed by atoms with Crippen molar-refractivity contribution in [3.63, 3.8) is 0 Å². The zero-order valence-corrected chi connectivity index (χ0v) is 18.7. The fraction of sp³-hybridized carbons (Fsp3) is 0.360. The quantitative estimate of drug-likeness (QED) is 0.544. The van der Waals surface area contributed by atoms with Gasteiger partial charge in [-0.3, -0.25) is 9.59 Å². The predicted octanol–water partition coefficient (Wildman–Crippen LogP) is 3.49. The molecule has 1 aliphatic rings. The van der Waals surface area contributed by atoms with Crippen molar-refractivity contribution in [2.45, 2.75) is 44.7 Å². The predicted molar refractivity (Wildman–Crippen MR) is 121 cm³/mol. The molecule has 0 saturated heterocycles. The smallest absolute Gasteiger partial charge is 0.323 e. The number of nitrogens with zero attached hydrogens (tertiary/aromatic N) is 1. The van der Waals surface area contributed by atoms with E-state index in [1.54, 1.807) is 24.9 Å². The number of amides is 1. The van der Waals surface area contributed by atoms with E-state index in [-0.39, 0.29) is 24.3 Å². The molecule has 4 rings (SSSR count). The molecule has 8 heteroatoms. The monoisotopic (exact) mass is 454 g/mol. The van der Waals surface area contributed by atoms with Gasteiger partial charge in [0.05, 0.1) is 14.2 Å². The number of fused-ring (bicyclic) bond motifs is 3. The van der Waals surface area contributed by atoms with E-state index in [0.717, 1.165) is 16.8 Å². The minimum Gasteiger partial charge on any atom is -0.497 e. The van der Waals surface area contributed by atoms with E-state index in [4.69, 9.17) is 9.47 Å². The second-order valence-corrected chi connectivity index (χ2v) is 8.25. The van der Waals surface area contributed by atoms with Gasteiger partial charge in [0.15, 0.2) is 0 Å². The summed E-state index contributed by atoms with van der Waals surface area (Å²) >= 11 is 0. The number of carbonyl (C=O) groups is 2. The van der Waals surface area contributed by atoms with E-state index in [2.05, 4.69) is 5.32 Å². The number of aryl methyl sites for hydroxylation is 1. The molecule has 3 aromatic rings. The summed E-state index contributed by atoms with van der Waals surface area (Å²) in [5, 5.41) is 13.1. The van der Waals surface area contributed by atoms with Gasteiger partial charge in [-0.25, -0.2) is 4.39 Å². The Labute approximate surface area is 191 Å². The van der Waals surface area contributed by atoms with Gasteiger partial charge in [0.1, 0.15) is 23.9 Å². The van der Waals surface area contributed by atoms with Gasteiger partial charge >= 0.3 is 5.97 Å². The van der Waals surface area contributed by atoms with Crippen molar-refractivity contribution in [2.24, 2.45) is 0 Å². The minimum absolute atomic E-state index is 0.0752. The normalized spacial score (nSPS) is 15.2. The molecular formula is C25H27FN2O5. The Balaban J connectivity index is 1.47. The Hall–Kier alpha value is -3.55. The Morgan fingerprint density at radius 3 is 2.73 bits per heavy atom. The first kappa shape index (κ1) is 22.6. The van der Waals surface area contributed by atoms with Gasteiger partial charge in [-0.2, -0.15) is 0 Å². The summed E-state index contributed by atoms with van der Waals surface area (Å²) in [7, 11) is 3.18. The largest absolute Gasteiger partial charge is 0.497 e. The average molecular weight is 454 g/mol. The Morgan fingerprint density at radius 1 is 1.18 bits per heavy atom. The second kappa shape index (κ2) is 9.52. The van der Waals surface area contributed by atoms with Crippen LogP contribution >= 0.6 is 0 Å². The van der Waals surface area contributed by atoms with E-state index in [0.29, 0.717) is 54.5 Å². The highest BCUT2D eigenvalue weighted by molar-refractivity contribution is 5.87. The Kier molecular flexibility index (Phi) is 6.53. The maximum absolute atomic E-state index is 13.9. The van der Waals surface area contributed by atoms with Crippen LogP contribution in [0.4, 0.5) is 4.39 Å². The molecule has 0 radical (unpaired) electrons. The van der Waals surface area contributed by atoms with Crippen LogP contribution in [-0.4, -0.2) is 41.8 Å². The molecule has 1 aromatic heterocycles. The summed E-state index contributed by atoms with van der Waals surface area (Å²) < 4.78 is 26.3. The lowest BCUT2D eigenvalue weighted by Gasteiger charge is -2.25. The summed E-state index contributed by atoms with van der Waals surface area (Å²) in [6.07, 6.45) is 2.65. The Morgan fingerprint density at radius 2 is 2.00 bits per heavy atom. The number of halogens is 1. The fourth-order valence-corrected chi connectivity index (χ4v) is 4.69. The van der Waals surface area contributed by atoms with Crippen LogP contribution < -0.4 is 14.8 Å². The second-order valence-electron chi connectivity index (χ2n) is 8.25. The number of nitrogens with one attached hydrogen (secondary N) is 1. The van der Waals surface area contributed by atoms with Crippen LogP contribution in [0.5, 0.6) is 11.5 Å². The summed E-state index contributed by atoms with van der Waals surface area (Å²) in [5.74, 6) is 0.0301. The maximum atomic E-state index is 13.9. The molecule has 174 valence electrons. The van der Waals surface area contributed by atoms with Crippen molar-refractivity contribution >= 4 is 22.8 Å². The molecule has 1 aliphatic carbocycles. The van der Waals surface area contributed by atoms with Gasteiger partial charge in [-0.05, 0) is 73.2 Å². The topological polar surface area (TPSA) is 89.8 Å². The Bertz CT molecular complexity index is 1200. The zero-order valence-electron chi connectivity index (χ0n) is 18.7. The average Bonchev–Trinajstić information content (AvgIpc) is 3.09. The summed E-state index contributed by atoms with van der Waals surface area (Å²) in [6, 6.07) is 9.83. The van der Waals surface area contributed by atoms with Crippen LogP contribution in [0.25, 0.3) is 10.9 Å². The number of aromatic nitrogens is 1. The number of rotatable bonds is 8. The summed E-state index contributed by atoms with van der Waals surface area (Å²) in [5.41, 5.74) is 3.42. The molecule has 0 fully saturated rings. The van der Waals surface area contributed by atoms with Gasteiger partial charge in [0, 0.05) is 29.1 Å². The molecule has 2 aromatic carbocycles. The lowest BCUT2D eigenvalue weighted by molar-refractivity contribution is -0.137. The highest BCUT2D eigenvalue weighted by Gasteiger charge is 2.27. The number of aliphatic carboxylic acids is 1. The van der Waals surface area contributed by atoms with E-state index in [1.807, 2.05) is 18.2 Å². The molecule has 0 bridgehead atoms. The van der Waals surface area contributed by atoms with Gasteiger partial charge < -0.3 is 24.5 Å². The lowest BCUT2D eigenvalue weighted by Crippen LogP contribution is -2.39. The number of benzene rings is 2. The van der Waals surface area contributed by atoms with Crippen molar-refractivity contribution in [2.75, 3.05) is 14.2 Å². The number of carboxylic acids is 1. The number of carboxylic acid groups (broad SMARTS) is 1. The summed E-state index contributed by atoms with van der Waals surface area (Å²) in [6.45, 7) is -0.170. The van der Waals surface area contributed by atoms with Crippen LogP contribution in [0.15, 0.2) is 36.4 Å². The number of methoxy groups -OCH3 is 2. The van der Waals surface area contributed by atoms with Crippen molar-refractivity contribution in [3.8, 4) is 11.5 Å². The van der Waals surface area contributed by atoms with Crippen LogP contribution in [0.1, 0.15) is 29.7 Å². The number of carbonyl (C=O) groups excluding carboxylic acids is 1. The maximum Gasteiger partial charge on any atom is 0.323 e. The van der Waals surface area contributed by atoms with Gasteiger partial charge in [0.25, 0.3) is 0 Å². The molecule has 1 atom stereocenters. The highest BCUT2D eigenvalue weighted by Crippen LogP contribution is 2.33. The lowest BCUT2D eigenvalue weighted by atomic mass is 9.91. The van der Waals surface area contributed by atoms with Crippen LogP contribution in [0.2, 0.25) is 0 Å². The van der Waals surface area contributed by atoms with Crippen molar-refractivity contribution in [3.05, 3.63) is 59.0 Å². The first-order chi connectivity index (χ1) is 15.9. The van der Waals surface area contributed by atoms with E-state index in [1.165, 1.54) is 12.1 Å². The molecule has 1 unspecified atom stereocenters. The zero-order chi connectivity index (χ0) is 23.5. The standard InChI is InChI=1S/C25H27FN2O5/c1-32-18-6-9-23(33-2)15(11-18)3-10-24(29)27-17-5-8-22-20(13-17)19-12-16(26)4-7-21(19)28(22)14-25(30)31/h4,6-7,9,11-12,17H,3,5,8,10,13-14H2,1-2H3,(H,27,29)(H,30,31). The van der Waals surface area contributed by atoms with Gasteiger partial charge in [-0.1, -0.05) is 0 Å². The highest BCUT2D eigenvalue weighted by atomic mass is 19.1. The van der Waals surface area contributed by atoms with Gasteiger partial charge in [-0.15, -0.1) is 0 Å². The first-order valence-corrected chi connectivity index (χ1v) is 10.9. The molecule has 1 amide bonds. The van der Waals surface area contributed by atoms with Gasteiger partial charge in [0.2, 0.25) is 5.91 Å². The number of ether oxygens (including phenoxy) is 2. The molecule has 33 heavy (non-hydrogen) atoms. The molecule has 0 spiro atoms. The summed E-state index contributed by atoms with van der Waals surface area (Å²) in [4.78, 5) is 24.1. The van der Waals surface area contributed by atoms with Crippen LogP contribution in [-0.2, 0) is 35.4 Å². The molecule has 0 saturated carbocycles. The first-order valence-electron chi connectivity index (χ1n) is 10.9. The van der Waals surface area contributed by atoms with Crippen molar-refractivity contribution in [1.82, 2.24) is 9.88 Å². The van der Waals surface area contributed by atoms with E-state index >= 15 is 0 Å². The van der Waals surface area contributed by atoms with Crippen LogP contribution in [0, 0.1) is 5.82 Å². The number of hydrogen-bond acceptors (Lipinski definition) is 4. The third kappa shape index (κ3) is 4.79. The van der Waals surface area contributed by atoms with E-state index < -0.39 is 5.97 Å². The van der Waals surface area contributed by atoms with Crippen molar-refractivity contribution < 1.29 is 28.6 Å². The third-order valence-electron chi connectivity index (χ3n) is 6.20. The molecule has 7 nitrogen and oxygen atoms in total. The fourth-order valence-electron chi connectivity index (χ4n) is 4.69. The minimum atomic E-state index is -0.942. The number of hydrogen-bond donors (Lipinski definition) is 2. The van der Waals surface area contributed by atoms with Crippen molar-refractivity contribution in [1.29, 1.82) is 0 Å².